The molecule has 0 radical (unpaired) electrons. The zero-order valence-electron chi connectivity index (χ0n) is 9.89. The first-order chi connectivity index (χ1) is 8.66. The van der Waals surface area contributed by atoms with Gasteiger partial charge in [-0.25, -0.2) is 4.68 Å². The second-order valence-electron chi connectivity index (χ2n) is 4.31. The van der Waals surface area contributed by atoms with Crippen LogP contribution >= 0.6 is 27.3 Å². The highest BCUT2D eigenvalue weighted by atomic mass is 79.9. The Balaban J connectivity index is 1.98. The molecule has 2 aromatic heterocycles. The van der Waals surface area contributed by atoms with E-state index in [-0.39, 0.29) is 5.56 Å². The van der Waals surface area contributed by atoms with Crippen LogP contribution in [0.1, 0.15) is 10.4 Å². The molecule has 0 aliphatic carbocycles. The Morgan fingerprint density at radius 2 is 2.33 bits per heavy atom. The van der Waals surface area contributed by atoms with Gasteiger partial charge in [-0.1, -0.05) is 0 Å². The van der Waals surface area contributed by atoms with Gasteiger partial charge in [0.05, 0.1) is 11.9 Å². The topological polar surface area (TPSA) is 38.1 Å². The van der Waals surface area contributed by atoms with Crippen LogP contribution in [-0.4, -0.2) is 16.3 Å². The highest BCUT2D eigenvalue weighted by Crippen LogP contribution is 2.30. The number of fused-ring (bicyclic) bond motifs is 1. The molecule has 1 aliphatic rings. The molecule has 0 N–H and O–H groups in total. The normalized spacial score (nSPS) is 14.7. The summed E-state index contributed by atoms with van der Waals surface area (Å²) in [5, 5.41) is 6.22. The fourth-order valence-corrected chi connectivity index (χ4v) is 3.68. The molecule has 0 unspecified atom stereocenters. The van der Waals surface area contributed by atoms with Crippen molar-refractivity contribution in [2.75, 3.05) is 11.4 Å². The van der Waals surface area contributed by atoms with Crippen LogP contribution < -0.4 is 10.5 Å². The monoisotopic (exact) mass is 325 g/mol. The van der Waals surface area contributed by atoms with Crippen LogP contribution in [0, 0.1) is 0 Å². The van der Waals surface area contributed by atoms with E-state index in [0.29, 0.717) is 4.47 Å². The Hall–Kier alpha value is -1.14. The quantitative estimate of drug-likeness (QED) is 0.806. The zero-order valence-corrected chi connectivity index (χ0v) is 12.3. The van der Waals surface area contributed by atoms with Crippen LogP contribution in [0.5, 0.6) is 0 Å². The van der Waals surface area contributed by atoms with E-state index in [4.69, 9.17) is 0 Å². The Morgan fingerprint density at radius 3 is 3.17 bits per heavy atom. The minimum absolute atomic E-state index is 0.0939. The summed E-state index contributed by atoms with van der Waals surface area (Å²) < 4.78 is 1.94. The molecule has 2 aromatic rings. The molecule has 0 bridgehead atoms. The van der Waals surface area contributed by atoms with E-state index in [1.807, 2.05) is 11.3 Å². The van der Waals surface area contributed by atoms with E-state index in [9.17, 15) is 4.79 Å². The highest BCUT2D eigenvalue weighted by Gasteiger charge is 2.20. The standard InChI is InChI=1S/C12H12BrN3OS/c1-15-12(17)11(13)9(6-14-15)16-4-2-10-8(7-16)3-5-18-10/h3,5-6H,2,4,7H2,1H3. The van der Waals surface area contributed by atoms with Gasteiger partial charge in [0.25, 0.3) is 5.56 Å². The lowest BCUT2D eigenvalue weighted by atomic mass is 10.1. The number of aryl methyl sites for hydroxylation is 1. The molecule has 1 aliphatic heterocycles. The SMILES string of the molecule is Cn1ncc(N2CCc3sccc3C2)c(Br)c1=O. The Labute approximate surface area is 117 Å². The number of rotatable bonds is 1. The predicted octanol–water partition coefficient (Wildman–Crippen LogP) is 2.17. The van der Waals surface area contributed by atoms with Gasteiger partial charge in [0.15, 0.2) is 0 Å². The van der Waals surface area contributed by atoms with Crippen molar-refractivity contribution in [2.45, 2.75) is 13.0 Å². The van der Waals surface area contributed by atoms with Crippen molar-refractivity contribution < 1.29 is 0 Å². The third kappa shape index (κ3) is 1.89. The number of aromatic nitrogens is 2. The van der Waals surface area contributed by atoms with Gasteiger partial charge in [-0.15, -0.1) is 11.3 Å². The summed E-state index contributed by atoms with van der Waals surface area (Å²) in [4.78, 5) is 15.5. The molecule has 6 heteroatoms. The average molecular weight is 326 g/mol. The molecule has 4 nitrogen and oxygen atoms in total. The van der Waals surface area contributed by atoms with Crippen molar-refractivity contribution in [3.63, 3.8) is 0 Å². The van der Waals surface area contributed by atoms with Crippen LogP contribution in [0.2, 0.25) is 0 Å². The van der Waals surface area contributed by atoms with Crippen LogP contribution in [0.15, 0.2) is 26.9 Å². The van der Waals surface area contributed by atoms with E-state index in [0.717, 1.165) is 25.2 Å². The lowest BCUT2D eigenvalue weighted by molar-refractivity contribution is 0.683. The van der Waals surface area contributed by atoms with Crippen molar-refractivity contribution in [1.29, 1.82) is 0 Å². The van der Waals surface area contributed by atoms with Gasteiger partial charge < -0.3 is 4.90 Å². The molecular weight excluding hydrogens is 314 g/mol. The second kappa shape index (κ2) is 4.51. The fourth-order valence-electron chi connectivity index (χ4n) is 2.18. The average Bonchev–Trinajstić information content (AvgIpc) is 2.83. The third-order valence-corrected chi connectivity index (χ3v) is 4.98. The van der Waals surface area contributed by atoms with Gasteiger partial charge in [-0.05, 0) is 39.4 Å². The largest absolute Gasteiger partial charge is 0.364 e. The summed E-state index contributed by atoms with van der Waals surface area (Å²) >= 11 is 5.20. The van der Waals surface area contributed by atoms with Crippen LogP contribution in [0.25, 0.3) is 0 Å². The van der Waals surface area contributed by atoms with Gasteiger partial charge >= 0.3 is 0 Å². The van der Waals surface area contributed by atoms with Crippen LogP contribution in [-0.2, 0) is 20.0 Å². The maximum atomic E-state index is 11.9. The Morgan fingerprint density at radius 1 is 1.50 bits per heavy atom. The minimum Gasteiger partial charge on any atom is -0.364 e. The maximum Gasteiger partial charge on any atom is 0.282 e. The lowest BCUT2D eigenvalue weighted by Crippen LogP contribution is -2.32. The molecule has 0 amide bonds. The summed E-state index contributed by atoms with van der Waals surface area (Å²) in [5.74, 6) is 0. The van der Waals surface area contributed by atoms with Crippen LogP contribution in [0.4, 0.5) is 5.69 Å². The van der Waals surface area contributed by atoms with Crippen molar-refractivity contribution >= 4 is 33.0 Å². The summed E-state index contributed by atoms with van der Waals surface area (Å²) in [7, 11) is 1.66. The summed E-state index contributed by atoms with van der Waals surface area (Å²) in [6, 6.07) is 2.16. The summed E-state index contributed by atoms with van der Waals surface area (Å²) in [6.45, 7) is 1.78. The number of nitrogens with zero attached hydrogens (tertiary/aromatic N) is 3. The number of hydrogen-bond donors (Lipinski definition) is 0. The first-order valence-electron chi connectivity index (χ1n) is 5.69. The second-order valence-corrected chi connectivity index (χ2v) is 6.11. The molecular formula is C12H12BrN3OS. The van der Waals surface area contributed by atoms with E-state index < -0.39 is 0 Å². The van der Waals surface area contributed by atoms with Gasteiger partial charge in [-0.2, -0.15) is 5.10 Å². The Kier molecular flexibility index (Phi) is 2.99. The zero-order chi connectivity index (χ0) is 12.7. The minimum atomic E-state index is -0.0939. The van der Waals surface area contributed by atoms with Gasteiger partial charge in [0.2, 0.25) is 0 Å². The third-order valence-electron chi connectivity index (χ3n) is 3.21. The first-order valence-corrected chi connectivity index (χ1v) is 7.36. The van der Waals surface area contributed by atoms with Gasteiger partial charge in [0.1, 0.15) is 4.47 Å². The molecule has 0 fully saturated rings. The van der Waals surface area contributed by atoms with Crippen molar-refractivity contribution in [1.82, 2.24) is 9.78 Å². The molecule has 94 valence electrons. The molecule has 0 saturated carbocycles. The highest BCUT2D eigenvalue weighted by molar-refractivity contribution is 9.10. The van der Waals surface area contributed by atoms with E-state index in [1.165, 1.54) is 15.1 Å². The van der Waals surface area contributed by atoms with E-state index >= 15 is 0 Å². The maximum absolute atomic E-state index is 11.9. The van der Waals surface area contributed by atoms with Crippen molar-refractivity contribution in [3.8, 4) is 0 Å². The number of halogens is 1. The predicted molar refractivity (Wildman–Crippen MR) is 76.3 cm³/mol. The lowest BCUT2D eigenvalue weighted by Gasteiger charge is -2.29. The molecule has 0 atom stereocenters. The van der Waals surface area contributed by atoms with Gasteiger partial charge in [-0.3, -0.25) is 4.79 Å². The molecule has 0 spiro atoms. The van der Waals surface area contributed by atoms with Crippen LogP contribution in [0.3, 0.4) is 0 Å². The molecule has 3 rings (SSSR count). The molecule has 0 aromatic carbocycles. The smallest absolute Gasteiger partial charge is 0.282 e. The van der Waals surface area contributed by atoms with Gasteiger partial charge in [0, 0.05) is 25.0 Å². The first kappa shape index (κ1) is 11.9. The number of hydrogen-bond acceptors (Lipinski definition) is 4. The fraction of sp³-hybridized carbons (Fsp3) is 0.333. The Bertz CT molecular complexity index is 649. The summed E-state index contributed by atoms with van der Waals surface area (Å²) in [5.41, 5.74) is 2.15. The van der Waals surface area contributed by atoms with E-state index in [1.54, 1.807) is 13.2 Å². The van der Waals surface area contributed by atoms with E-state index in [2.05, 4.69) is 37.4 Å². The van der Waals surface area contributed by atoms with Crippen molar-refractivity contribution in [3.05, 3.63) is 42.9 Å². The number of thiophene rings is 1. The number of anilines is 1. The molecule has 18 heavy (non-hydrogen) atoms. The molecule has 0 saturated heterocycles. The van der Waals surface area contributed by atoms with Crippen molar-refractivity contribution in [2.24, 2.45) is 7.05 Å². The summed E-state index contributed by atoms with van der Waals surface area (Å²) in [6.07, 6.45) is 2.79. The molecule has 3 heterocycles.